The average molecular weight is 664 g/mol. The van der Waals surface area contributed by atoms with Crippen molar-refractivity contribution in [2.45, 2.75) is 44.9 Å². The summed E-state index contributed by atoms with van der Waals surface area (Å²) in [5.41, 5.74) is 9.00. The number of halogens is 4. The Labute approximate surface area is 271 Å². The van der Waals surface area contributed by atoms with Crippen molar-refractivity contribution in [2.75, 3.05) is 4.90 Å². The smallest absolute Gasteiger partial charge is 0.423 e. The van der Waals surface area contributed by atoms with Gasteiger partial charge in [-0.15, -0.1) is 0 Å². The third-order valence-corrected chi connectivity index (χ3v) is 8.62. The number of alkyl halides is 2. The predicted molar refractivity (Wildman–Crippen MR) is 167 cm³/mol. The van der Waals surface area contributed by atoms with E-state index in [0.29, 0.717) is 61.6 Å². The van der Waals surface area contributed by atoms with Crippen LogP contribution in [0.1, 0.15) is 53.2 Å². The molecule has 0 bridgehead atoms. The maximum absolute atomic E-state index is 15.0. The highest BCUT2D eigenvalue weighted by atomic mass is 35.5. The van der Waals surface area contributed by atoms with Gasteiger partial charge in [0.2, 0.25) is 0 Å². The summed E-state index contributed by atoms with van der Waals surface area (Å²) in [6, 6.07) is 10.8. The third kappa shape index (κ3) is 5.41. The number of anilines is 1. The van der Waals surface area contributed by atoms with Crippen molar-refractivity contribution in [1.29, 1.82) is 0 Å². The Morgan fingerprint density at radius 3 is 2.48 bits per heavy atom. The van der Waals surface area contributed by atoms with Gasteiger partial charge in [-0.1, -0.05) is 29.3 Å². The monoisotopic (exact) mass is 663 g/mol. The molecule has 2 N–H and O–H groups in total. The van der Waals surface area contributed by atoms with Crippen LogP contribution in [0, 0.1) is 5.92 Å². The third-order valence-electron chi connectivity index (χ3n) is 8.17. The van der Waals surface area contributed by atoms with Gasteiger partial charge >= 0.3 is 12.0 Å². The SMILES string of the molecule is C[C@@H](c1ccc(Cl)cn1)n1ncc2c(-c3ccc4c(c3)OC(F)(F)C(=O)N4Cc3ccc(Cl)cn3)c(C(N)=O)c(CC3CC3)nc21. The van der Waals surface area contributed by atoms with Crippen LogP contribution in [-0.2, 0) is 17.8 Å². The Bertz CT molecular complexity index is 2020. The van der Waals surface area contributed by atoms with Gasteiger partial charge in [-0.05, 0) is 74.1 Å². The van der Waals surface area contributed by atoms with Crippen molar-refractivity contribution in [3.8, 4) is 16.9 Å². The maximum atomic E-state index is 15.0. The van der Waals surface area contributed by atoms with E-state index in [1.54, 1.807) is 47.4 Å². The molecule has 1 aromatic carbocycles. The molecule has 0 unspecified atom stereocenters. The number of fused-ring (bicyclic) bond motifs is 2. The second-order valence-electron chi connectivity index (χ2n) is 11.4. The van der Waals surface area contributed by atoms with Crippen LogP contribution in [0.3, 0.4) is 0 Å². The van der Waals surface area contributed by atoms with Gasteiger partial charge in [0.15, 0.2) is 11.4 Å². The molecule has 10 nitrogen and oxygen atoms in total. The molecule has 0 spiro atoms. The Balaban J connectivity index is 1.39. The quantitative estimate of drug-likeness (QED) is 0.204. The molecular weight excluding hydrogens is 639 g/mol. The van der Waals surface area contributed by atoms with Crippen molar-refractivity contribution in [3.05, 3.63) is 93.7 Å². The van der Waals surface area contributed by atoms with E-state index in [1.165, 1.54) is 18.3 Å². The number of rotatable bonds is 8. The van der Waals surface area contributed by atoms with Crippen LogP contribution >= 0.6 is 23.2 Å². The Morgan fingerprint density at radius 1 is 1.09 bits per heavy atom. The molecular formula is C32H25Cl2F2N7O3. The summed E-state index contributed by atoms with van der Waals surface area (Å²) in [5.74, 6) is -2.17. The van der Waals surface area contributed by atoms with Crippen molar-refractivity contribution in [2.24, 2.45) is 11.7 Å². The largest absolute Gasteiger partial charge is 0.482 e. The van der Waals surface area contributed by atoms with Crippen molar-refractivity contribution in [3.63, 3.8) is 0 Å². The zero-order valence-electron chi connectivity index (χ0n) is 24.3. The van der Waals surface area contributed by atoms with E-state index in [0.717, 1.165) is 17.7 Å². The number of carbonyl (C=O) groups excluding carboxylic acids is 2. The molecule has 1 atom stereocenters. The predicted octanol–water partition coefficient (Wildman–Crippen LogP) is 6.37. The Hall–Kier alpha value is -4.68. The van der Waals surface area contributed by atoms with E-state index in [1.807, 2.05) is 6.92 Å². The van der Waals surface area contributed by atoms with Gasteiger partial charge in [-0.25, -0.2) is 9.67 Å². The summed E-state index contributed by atoms with van der Waals surface area (Å²) in [6.45, 7) is 1.66. The van der Waals surface area contributed by atoms with Gasteiger partial charge in [-0.3, -0.25) is 24.5 Å². The first-order chi connectivity index (χ1) is 22.0. The van der Waals surface area contributed by atoms with Crippen molar-refractivity contribution < 1.29 is 23.1 Å². The fourth-order valence-corrected chi connectivity index (χ4v) is 5.92. The van der Waals surface area contributed by atoms with E-state index < -0.39 is 17.9 Å². The first-order valence-corrected chi connectivity index (χ1v) is 15.2. The second-order valence-corrected chi connectivity index (χ2v) is 12.3. The van der Waals surface area contributed by atoms with Crippen molar-refractivity contribution in [1.82, 2.24) is 24.7 Å². The minimum atomic E-state index is -4.15. The highest BCUT2D eigenvalue weighted by molar-refractivity contribution is 6.30. The van der Waals surface area contributed by atoms with Crippen LogP contribution in [0.4, 0.5) is 14.5 Å². The van der Waals surface area contributed by atoms with Crippen LogP contribution in [0.2, 0.25) is 10.0 Å². The van der Waals surface area contributed by atoms with Gasteiger partial charge in [0, 0.05) is 23.3 Å². The number of nitrogens with zero attached hydrogens (tertiary/aromatic N) is 6. The summed E-state index contributed by atoms with van der Waals surface area (Å²) < 4.78 is 36.7. The number of amides is 2. The summed E-state index contributed by atoms with van der Waals surface area (Å²) in [7, 11) is 0. The summed E-state index contributed by atoms with van der Waals surface area (Å²) >= 11 is 12.0. The number of hydrogen-bond acceptors (Lipinski definition) is 7. The fourth-order valence-electron chi connectivity index (χ4n) is 5.70. The number of aromatic nitrogens is 5. The lowest BCUT2D eigenvalue weighted by Crippen LogP contribution is -2.50. The van der Waals surface area contributed by atoms with E-state index in [-0.39, 0.29) is 29.6 Å². The van der Waals surface area contributed by atoms with Crippen LogP contribution < -0.4 is 15.4 Å². The fraction of sp³-hybridized carbons (Fsp3) is 0.250. The maximum Gasteiger partial charge on any atom is 0.482 e. The molecule has 2 amide bonds. The zero-order valence-corrected chi connectivity index (χ0v) is 25.8. The number of ether oxygens (including phenoxy) is 1. The molecule has 4 aromatic heterocycles. The van der Waals surface area contributed by atoms with Crippen molar-refractivity contribution >= 4 is 51.7 Å². The molecule has 1 fully saturated rings. The molecule has 5 heterocycles. The van der Waals surface area contributed by atoms with Gasteiger partial charge in [0.05, 0.1) is 57.2 Å². The first kappa shape index (κ1) is 30.0. The van der Waals surface area contributed by atoms with E-state index in [9.17, 15) is 9.59 Å². The van der Waals surface area contributed by atoms with Gasteiger partial charge < -0.3 is 10.5 Å². The molecule has 5 aromatic rings. The van der Waals surface area contributed by atoms with Crippen LogP contribution in [-0.4, -0.2) is 42.7 Å². The number of benzene rings is 1. The van der Waals surface area contributed by atoms with Gasteiger partial charge in [-0.2, -0.15) is 13.9 Å². The number of nitrogens with two attached hydrogens (primary N) is 1. The first-order valence-electron chi connectivity index (χ1n) is 14.4. The molecule has 0 radical (unpaired) electrons. The summed E-state index contributed by atoms with van der Waals surface area (Å²) in [4.78, 5) is 40.3. The van der Waals surface area contributed by atoms with Crippen LogP contribution in [0.5, 0.6) is 5.75 Å². The lowest BCUT2D eigenvalue weighted by molar-refractivity contribution is -0.193. The second kappa shape index (κ2) is 11.3. The number of hydrogen-bond donors (Lipinski definition) is 1. The summed E-state index contributed by atoms with van der Waals surface area (Å²) in [6.07, 6.45) is 2.82. The topological polar surface area (TPSA) is 129 Å². The normalized spacial score (nSPS) is 16.3. The van der Waals surface area contributed by atoms with Crippen LogP contribution in [0.15, 0.2) is 61.1 Å². The van der Waals surface area contributed by atoms with Gasteiger partial charge in [0.25, 0.3) is 5.91 Å². The Kier molecular flexibility index (Phi) is 7.36. The molecule has 46 heavy (non-hydrogen) atoms. The average Bonchev–Trinajstić information content (AvgIpc) is 3.74. The number of carbonyl (C=O) groups is 2. The molecule has 234 valence electrons. The molecule has 1 saturated carbocycles. The van der Waals surface area contributed by atoms with Gasteiger partial charge in [0.1, 0.15) is 0 Å². The highest BCUT2D eigenvalue weighted by Gasteiger charge is 2.50. The highest BCUT2D eigenvalue weighted by Crippen LogP contribution is 2.45. The van der Waals surface area contributed by atoms with E-state index >= 15 is 8.78 Å². The molecule has 7 rings (SSSR count). The van der Waals surface area contributed by atoms with E-state index in [2.05, 4.69) is 15.1 Å². The lowest BCUT2D eigenvalue weighted by atomic mass is 9.93. The number of pyridine rings is 3. The summed E-state index contributed by atoms with van der Waals surface area (Å²) in [5, 5.41) is 5.95. The van der Waals surface area contributed by atoms with Crippen LogP contribution in [0.25, 0.3) is 22.2 Å². The zero-order chi connectivity index (χ0) is 32.3. The minimum Gasteiger partial charge on any atom is -0.423 e. The standard InChI is InChI=1S/C32H25Cl2F2N7O3/c1-16(23-8-6-20(34)13-39-23)43-30-22(14-40-43)27(28(29(37)44)24(41-30)10-17-2-3-17)18-4-9-25-26(11-18)46-32(35,36)31(45)42(25)15-21-7-5-19(33)12-38-21/h4-9,11-14,16-17H,2-3,10,15H2,1H3,(H2,37,44)/t16-/m0/s1. The molecule has 2 aliphatic rings. The lowest BCUT2D eigenvalue weighted by Gasteiger charge is -2.33. The molecule has 0 saturated heterocycles. The Morgan fingerprint density at radius 2 is 1.83 bits per heavy atom. The molecule has 1 aliphatic heterocycles. The molecule has 14 heteroatoms. The number of primary amides is 1. The molecule has 1 aliphatic carbocycles. The van der Waals surface area contributed by atoms with E-state index in [4.69, 9.17) is 38.7 Å². The minimum absolute atomic E-state index is 0.110.